The number of alkyl halides is 3. The van der Waals surface area contributed by atoms with E-state index >= 15 is 0 Å². The number of aromatic nitrogens is 6. The molecule has 0 aliphatic carbocycles. The van der Waals surface area contributed by atoms with Gasteiger partial charge in [0.1, 0.15) is 0 Å². The standard InChI is InChI=1S/C13H16F3N7O2/c1-22(7-5-9-17-12(25-19-9)13(14,15)16)11(24)8-4-2-3-6-23-10(8)18-20-21-23/h8H,2-7H2,1H3. The average molecular weight is 359 g/mol. The number of nitrogens with zero attached hydrogens (tertiary/aromatic N) is 7. The number of fused-ring (bicyclic) bond motifs is 1. The van der Waals surface area contributed by atoms with Gasteiger partial charge in [-0.1, -0.05) is 11.6 Å². The van der Waals surface area contributed by atoms with Crippen LogP contribution in [-0.4, -0.2) is 54.7 Å². The zero-order valence-corrected chi connectivity index (χ0v) is 13.4. The number of carbonyl (C=O) groups is 1. The maximum Gasteiger partial charge on any atom is 0.471 e. The molecule has 1 atom stereocenters. The lowest BCUT2D eigenvalue weighted by Crippen LogP contribution is -2.34. The number of hydrogen-bond acceptors (Lipinski definition) is 7. The second kappa shape index (κ2) is 6.76. The summed E-state index contributed by atoms with van der Waals surface area (Å²) in [5.41, 5.74) is 0. The first-order chi connectivity index (χ1) is 11.9. The Morgan fingerprint density at radius 3 is 2.92 bits per heavy atom. The molecule has 0 spiro atoms. The topological polar surface area (TPSA) is 103 Å². The molecule has 0 N–H and O–H groups in total. The van der Waals surface area contributed by atoms with Crippen LogP contribution in [0.3, 0.4) is 0 Å². The Kier molecular flexibility index (Phi) is 4.68. The summed E-state index contributed by atoms with van der Waals surface area (Å²) in [6.07, 6.45) is -2.25. The normalized spacial score (nSPS) is 17.8. The first-order valence-corrected chi connectivity index (χ1v) is 7.77. The van der Waals surface area contributed by atoms with Crippen molar-refractivity contribution in [2.24, 2.45) is 0 Å². The molecule has 0 saturated carbocycles. The van der Waals surface area contributed by atoms with Crippen molar-refractivity contribution < 1.29 is 22.5 Å². The van der Waals surface area contributed by atoms with Crippen molar-refractivity contribution in [3.63, 3.8) is 0 Å². The first-order valence-electron chi connectivity index (χ1n) is 7.77. The summed E-state index contributed by atoms with van der Waals surface area (Å²) in [5, 5.41) is 14.7. The van der Waals surface area contributed by atoms with Gasteiger partial charge in [-0.2, -0.15) is 18.2 Å². The van der Waals surface area contributed by atoms with Gasteiger partial charge in [0.25, 0.3) is 0 Å². The first kappa shape index (κ1) is 17.3. The Labute approximate surface area is 140 Å². The van der Waals surface area contributed by atoms with Crippen LogP contribution in [0.15, 0.2) is 4.52 Å². The van der Waals surface area contributed by atoms with E-state index < -0.39 is 18.0 Å². The molecule has 1 amide bonds. The SMILES string of the molecule is CN(CCc1noc(C(F)(F)F)n1)C(=O)C1CCCCn2nnnc21. The molecule has 0 fully saturated rings. The highest BCUT2D eigenvalue weighted by atomic mass is 19.4. The summed E-state index contributed by atoms with van der Waals surface area (Å²) in [7, 11) is 1.58. The van der Waals surface area contributed by atoms with Gasteiger partial charge >= 0.3 is 12.1 Å². The molecular formula is C13H16F3N7O2. The van der Waals surface area contributed by atoms with Gasteiger partial charge in [0.2, 0.25) is 5.91 Å². The maximum absolute atomic E-state index is 12.7. The fourth-order valence-corrected chi connectivity index (χ4v) is 2.71. The molecule has 136 valence electrons. The van der Waals surface area contributed by atoms with E-state index in [0.717, 1.165) is 12.8 Å². The molecule has 1 unspecified atom stereocenters. The molecule has 1 aliphatic rings. The smallest absolute Gasteiger partial charge is 0.345 e. The van der Waals surface area contributed by atoms with E-state index in [4.69, 9.17) is 0 Å². The summed E-state index contributed by atoms with van der Waals surface area (Å²) < 4.78 is 43.1. The van der Waals surface area contributed by atoms with Crippen LogP contribution in [-0.2, 0) is 23.9 Å². The Bertz CT molecular complexity index is 742. The van der Waals surface area contributed by atoms with Gasteiger partial charge in [-0.15, -0.1) is 5.10 Å². The van der Waals surface area contributed by atoms with Crippen LogP contribution in [0.5, 0.6) is 0 Å². The number of aryl methyl sites for hydroxylation is 1. The summed E-state index contributed by atoms with van der Waals surface area (Å²) in [6, 6.07) is 0. The van der Waals surface area contributed by atoms with Crippen molar-refractivity contribution >= 4 is 5.91 Å². The van der Waals surface area contributed by atoms with E-state index in [0.29, 0.717) is 18.8 Å². The molecule has 0 aromatic carbocycles. The summed E-state index contributed by atoms with van der Waals surface area (Å²) in [6.45, 7) is 0.826. The minimum Gasteiger partial charge on any atom is -0.345 e. The van der Waals surface area contributed by atoms with Gasteiger partial charge in [0, 0.05) is 26.6 Å². The molecule has 9 nitrogen and oxygen atoms in total. The Hall–Kier alpha value is -2.53. The number of amides is 1. The predicted molar refractivity (Wildman–Crippen MR) is 75.1 cm³/mol. The summed E-state index contributed by atoms with van der Waals surface area (Å²) >= 11 is 0. The van der Waals surface area contributed by atoms with Crippen LogP contribution >= 0.6 is 0 Å². The third-order valence-corrected chi connectivity index (χ3v) is 4.04. The molecule has 3 rings (SSSR count). The summed E-state index contributed by atoms with van der Waals surface area (Å²) in [5.74, 6) is -1.61. The van der Waals surface area contributed by atoms with E-state index in [-0.39, 0.29) is 24.7 Å². The van der Waals surface area contributed by atoms with E-state index in [1.807, 2.05) is 0 Å². The Morgan fingerprint density at radius 2 is 2.20 bits per heavy atom. The van der Waals surface area contributed by atoms with Crippen LogP contribution in [0.25, 0.3) is 0 Å². The van der Waals surface area contributed by atoms with Crippen LogP contribution in [0.2, 0.25) is 0 Å². The van der Waals surface area contributed by atoms with Crippen LogP contribution in [0.4, 0.5) is 13.2 Å². The molecule has 0 bridgehead atoms. The Morgan fingerprint density at radius 1 is 1.40 bits per heavy atom. The molecule has 25 heavy (non-hydrogen) atoms. The highest BCUT2D eigenvalue weighted by Gasteiger charge is 2.38. The van der Waals surface area contributed by atoms with E-state index in [1.165, 1.54) is 4.90 Å². The van der Waals surface area contributed by atoms with Crippen molar-refractivity contribution in [1.29, 1.82) is 0 Å². The van der Waals surface area contributed by atoms with Crippen LogP contribution in [0.1, 0.15) is 42.7 Å². The van der Waals surface area contributed by atoms with Gasteiger partial charge in [-0.05, 0) is 23.3 Å². The second-order valence-electron chi connectivity index (χ2n) is 5.83. The van der Waals surface area contributed by atoms with E-state index in [1.54, 1.807) is 11.7 Å². The zero-order valence-electron chi connectivity index (χ0n) is 13.4. The number of halogens is 3. The molecule has 2 aromatic heterocycles. The molecule has 12 heteroatoms. The van der Waals surface area contributed by atoms with Crippen molar-refractivity contribution in [2.45, 2.75) is 44.3 Å². The third-order valence-electron chi connectivity index (χ3n) is 4.04. The number of carbonyl (C=O) groups excluding carboxylic acids is 1. The van der Waals surface area contributed by atoms with Gasteiger partial charge in [0.15, 0.2) is 11.6 Å². The van der Waals surface area contributed by atoms with Crippen molar-refractivity contribution in [2.75, 3.05) is 13.6 Å². The lowest BCUT2D eigenvalue weighted by molar-refractivity contribution is -0.159. The second-order valence-corrected chi connectivity index (χ2v) is 5.83. The minimum absolute atomic E-state index is 0.0550. The minimum atomic E-state index is -4.68. The monoisotopic (exact) mass is 359 g/mol. The molecule has 1 aliphatic heterocycles. The number of hydrogen-bond donors (Lipinski definition) is 0. The molecule has 0 saturated heterocycles. The van der Waals surface area contributed by atoms with Gasteiger partial charge < -0.3 is 9.42 Å². The molecule has 0 radical (unpaired) electrons. The van der Waals surface area contributed by atoms with E-state index in [9.17, 15) is 18.0 Å². The lowest BCUT2D eigenvalue weighted by Gasteiger charge is -2.21. The molecule has 2 aromatic rings. The van der Waals surface area contributed by atoms with Gasteiger partial charge in [0.05, 0.1) is 5.92 Å². The number of tetrazole rings is 1. The quantitative estimate of drug-likeness (QED) is 0.803. The lowest BCUT2D eigenvalue weighted by atomic mass is 10.0. The third kappa shape index (κ3) is 3.77. The van der Waals surface area contributed by atoms with Crippen LogP contribution in [0, 0.1) is 0 Å². The largest absolute Gasteiger partial charge is 0.471 e. The highest BCUT2D eigenvalue weighted by molar-refractivity contribution is 5.82. The molecular weight excluding hydrogens is 343 g/mol. The number of likely N-dealkylation sites (N-methyl/N-ethyl adjacent to an activating group) is 1. The van der Waals surface area contributed by atoms with Crippen molar-refractivity contribution in [1.82, 2.24) is 35.2 Å². The van der Waals surface area contributed by atoms with Gasteiger partial charge in [-0.3, -0.25) is 4.79 Å². The van der Waals surface area contributed by atoms with E-state index in [2.05, 4.69) is 30.2 Å². The van der Waals surface area contributed by atoms with Crippen LogP contribution < -0.4 is 0 Å². The fraction of sp³-hybridized carbons (Fsp3) is 0.692. The summed E-state index contributed by atoms with van der Waals surface area (Å²) in [4.78, 5) is 17.4. The van der Waals surface area contributed by atoms with Crippen molar-refractivity contribution in [3.05, 3.63) is 17.5 Å². The highest BCUT2D eigenvalue weighted by Crippen LogP contribution is 2.28. The fourth-order valence-electron chi connectivity index (χ4n) is 2.71. The number of rotatable bonds is 4. The maximum atomic E-state index is 12.7. The van der Waals surface area contributed by atoms with Gasteiger partial charge in [-0.25, -0.2) is 4.68 Å². The predicted octanol–water partition coefficient (Wildman–Crippen LogP) is 1.04. The zero-order chi connectivity index (χ0) is 18.0. The molecule has 3 heterocycles. The Balaban J connectivity index is 1.63. The van der Waals surface area contributed by atoms with Crippen molar-refractivity contribution in [3.8, 4) is 0 Å². The average Bonchev–Trinajstić information content (AvgIpc) is 3.18.